The summed E-state index contributed by atoms with van der Waals surface area (Å²) >= 11 is 0. The van der Waals surface area contributed by atoms with E-state index in [0.29, 0.717) is 12.1 Å². The van der Waals surface area contributed by atoms with Gasteiger partial charge in [-0.1, -0.05) is 6.07 Å². The Hall–Kier alpha value is -1.77. The van der Waals surface area contributed by atoms with E-state index < -0.39 is 41.1 Å². The maximum Gasteiger partial charge on any atom is 0.416 e. The van der Waals surface area contributed by atoms with Gasteiger partial charge in [-0.2, -0.15) is 22.0 Å². The first-order valence-corrected chi connectivity index (χ1v) is 5.69. The first kappa shape index (κ1) is 17.3. The van der Waals surface area contributed by atoms with Gasteiger partial charge in [0, 0.05) is 5.56 Å². The number of carbonyl (C=O) groups excluding carboxylic acids is 1. The molecule has 3 nitrogen and oxygen atoms in total. The van der Waals surface area contributed by atoms with Gasteiger partial charge in [0.25, 0.3) is 0 Å². The number of rotatable bonds is 4. The fourth-order valence-electron chi connectivity index (χ4n) is 1.51. The van der Waals surface area contributed by atoms with E-state index in [1.165, 1.54) is 6.92 Å². The van der Waals surface area contributed by atoms with E-state index in [2.05, 4.69) is 4.74 Å². The number of hydrogen-bond donors (Lipinski definition) is 1. The summed E-state index contributed by atoms with van der Waals surface area (Å²) in [6.45, 7) is 0.925. The van der Waals surface area contributed by atoms with Gasteiger partial charge in [-0.15, -0.1) is 0 Å². The number of esters is 1. The molecule has 0 aliphatic carbocycles. The van der Waals surface area contributed by atoms with Crippen LogP contribution in [0.5, 0.6) is 0 Å². The molecule has 1 aromatic carbocycles. The van der Waals surface area contributed by atoms with E-state index >= 15 is 0 Å². The summed E-state index contributed by atoms with van der Waals surface area (Å²) < 4.78 is 81.9. The monoisotopic (exact) mass is 315 g/mol. The van der Waals surface area contributed by atoms with Gasteiger partial charge in [0.2, 0.25) is 0 Å². The molecular weight excluding hydrogens is 304 g/mol. The fourth-order valence-corrected chi connectivity index (χ4v) is 1.51. The molecule has 0 saturated carbocycles. The molecule has 0 aliphatic rings. The predicted octanol–water partition coefficient (Wildman–Crippen LogP) is 3.04. The number of nitrogens with two attached hydrogens (primary N) is 1. The largest absolute Gasteiger partial charge is 0.462 e. The summed E-state index contributed by atoms with van der Waals surface area (Å²) in [5, 5.41) is 0. The van der Waals surface area contributed by atoms with Crippen molar-refractivity contribution in [3.8, 4) is 0 Å². The zero-order chi connectivity index (χ0) is 16.4. The van der Waals surface area contributed by atoms with E-state index in [0.717, 1.165) is 0 Å². The van der Waals surface area contributed by atoms with Crippen LogP contribution in [0.4, 0.5) is 26.3 Å². The van der Waals surface area contributed by atoms with Crippen molar-refractivity contribution in [3.05, 3.63) is 35.1 Å². The van der Waals surface area contributed by atoms with Crippen LogP contribution in [0.2, 0.25) is 0 Å². The lowest BCUT2D eigenvalue weighted by atomic mass is 9.99. The third-order valence-corrected chi connectivity index (χ3v) is 2.60. The predicted molar refractivity (Wildman–Crippen MR) is 59.9 cm³/mol. The van der Waals surface area contributed by atoms with Gasteiger partial charge < -0.3 is 10.5 Å². The van der Waals surface area contributed by atoms with Crippen molar-refractivity contribution in [3.63, 3.8) is 0 Å². The molecule has 0 aromatic heterocycles. The van der Waals surface area contributed by atoms with E-state index in [-0.39, 0.29) is 12.7 Å². The van der Waals surface area contributed by atoms with Crippen molar-refractivity contribution >= 4 is 5.97 Å². The van der Waals surface area contributed by atoms with Crippen LogP contribution in [0.25, 0.3) is 0 Å². The Morgan fingerprint density at radius 3 is 2.29 bits per heavy atom. The van der Waals surface area contributed by atoms with Gasteiger partial charge in [-0.25, -0.2) is 9.18 Å². The highest BCUT2D eigenvalue weighted by Crippen LogP contribution is 2.35. The van der Waals surface area contributed by atoms with Crippen molar-refractivity contribution in [1.29, 1.82) is 0 Å². The van der Waals surface area contributed by atoms with Crippen LogP contribution < -0.4 is 5.73 Å². The maximum absolute atomic E-state index is 13.6. The molecule has 0 bridgehead atoms. The normalized spacial score (nSPS) is 13.9. The van der Waals surface area contributed by atoms with Crippen molar-refractivity contribution in [2.24, 2.45) is 5.73 Å². The zero-order valence-electron chi connectivity index (χ0n) is 10.7. The van der Waals surface area contributed by atoms with E-state index in [9.17, 15) is 31.1 Å². The number of ether oxygens (including phenoxy) is 1. The van der Waals surface area contributed by atoms with Crippen LogP contribution in [-0.2, 0) is 15.7 Å². The second kappa shape index (κ2) is 5.92. The third kappa shape index (κ3) is 3.66. The zero-order valence-corrected chi connectivity index (χ0v) is 10.7. The Bertz CT molecular complexity index is 529. The lowest BCUT2D eigenvalue weighted by molar-refractivity contribution is -0.175. The lowest BCUT2D eigenvalue weighted by Crippen LogP contribution is -2.42. The number of hydrogen-bond acceptors (Lipinski definition) is 3. The summed E-state index contributed by atoms with van der Waals surface area (Å²) in [6.07, 6.45) is -4.83. The summed E-state index contributed by atoms with van der Waals surface area (Å²) in [5.41, 5.74) is 2.82. The number of carbonyl (C=O) groups is 1. The Kier molecular flexibility index (Phi) is 4.87. The number of benzene rings is 1. The standard InChI is InChI=1S/C12H11F6NO2/c1-2-21-10(20)11(14,15)9(19)7-4-3-6(5-8(7)13)12(16,17)18/h3-5,9H,2,19H2,1H3/t9-/m0/s1. The van der Waals surface area contributed by atoms with Gasteiger partial charge in [0.05, 0.1) is 12.2 Å². The summed E-state index contributed by atoms with van der Waals surface area (Å²) in [5.74, 6) is -7.82. The Morgan fingerprint density at radius 1 is 1.29 bits per heavy atom. The van der Waals surface area contributed by atoms with Crippen molar-refractivity contribution in [2.45, 2.75) is 25.1 Å². The molecule has 0 radical (unpaired) electrons. The second-order valence-electron chi connectivity index (χ2n) is 4.06. The van der Waals surface area contributed by atoms with Crippen molar-refractivity contribution in [2.75, 3.05) is 6.61 Å². The lowest BCUT2D eigenvalue weighted by Gasteiger charge is -2.22. The minimum absolute atomic E-state index is 0.0381. The summed E-state index contributed by atoms with van der Waals surface area (Å²) in [7, 11) is 0. The topological polar surface area (TPSA) is 52.3 Å². The van der Waals surface area contributed by atoms with E-state index in [4.69, 9.17) is 5.73 Å². The molecule has 118 valence electrons. The molecule has 0 saturated heterocycles. The van der Waals surface area contributed by atoms with Crippen LogP contribution in [0.15, 0.2) is 18.2 Å². The molecule has 0 aliphatic heterocycles. The molecular formula is C12H11F6NO2. The Morgan fingerprint density at radius 2 is 1.86 bits per heavy atom. The van der Waals surface area contributed by atoms with Gasteiger partial charge in [0.1, 0.15) is 11.9 Å². The number of halogens is 6. The molecule has 0 unspecified atom stereocenters. The Labute approximate surface area is 115 Å². The molecule has 1 aromatic rings. The number of alkyl halides is 5. The Balaban J connectivity index is 3.14. The van der Waals surface area contributed by atoms with Crippen LogP contribution in [0, 0.1) is 5.82 Å². The molecule has 0 amide bonds. The van der Waals surface area contributed by atoms with Crippen LogP contribution in [0.3, 0.4) is 0 Å². The molecule has 0 spiro atoms. The van der Waals surface area contributed by atoms with Gasteiger partial charge in [-0.3, -0.25) is 0 Å². The van der Waals surface area contributed by atoms with Crippen LogP contribution in [-0.4, -0.2) is 18.5 Å². The first-order chi connectivity index (χ1) is 9.51. The van der Waals surface area contributed by atoms with Crippen molar-refractivity contribution in [1.82, 2.24) is 0 Å². The molecule has 0 fully saturated rings. The SMILES string of the molecule is CCOC(=O)C(F)(F)[C@@H](N)c1ccc(C(F)(F)F)cc1F. The van der Waals surface area contributed by atoms with Crippen LogP contribution >= 0.6 is 0 Å². The van der Waals surface area contributed by atoms with Gasteiger partial charge in [-0.05, 0) is 19.1 Å². The fraction of sp³-hybridized carbons (Fsp3) is 0.417. The van der Waals surface area contributed by atoms with Gasteiger partial charge in [0.15, 0.2) is 0 Å². The van der Waals surface area contributed by atoms with Crippen LogP contribution in [0.1, 0.15) is 24.1 Å². The quantitative estimate of drug-likeness (QED) is 0.686. The molecule has 9 heteroatoms. The highest BCUT2D eigenvalue weighted by Gasteiger charge is 2.48. The average Bonchev–Trinajstić information content (AvgIpc) is 2.37. The first-order valence-electron chi connectivity index (χ1n) is 5.69. The minimum Gasteiger partial charge on any atom is -0.462 e. The third-order valence-electron chi connectivity index (χ3n) is 2.60. The molecule has 0 heterocycles. The molecule has 2 N–H and O–H groups in total. The van der Waals surface area contributed by atoms with E-state index in [1.54, 1.807) is 0 Å². The molecule has 1 rings (SSSR count). The molecule has 1 atom stereocenters. The minimum atomic E-state index is -4.83. The second-order valence-corrected chi connectivity index (χ2v) is 4.06. The summed E-state index contributed by atoms with van der Waals surface area (Å²) in [4.78, 5) is 11.1. The highest BCUT2D eigenvalue weighted by molar-refractivity contribution is 5.78. The maximum atomic E-state index is 13.6. The van der Waals surface area contributed by atoms with Gasteiger partial charge >= 0.3 is 18.1 Å². The highest BCUT2D eigenvalue weighted by atomic mass is 19.4. The summed E-state index contributed by atoms with van der Waals surface area (Å²) in [6, 6.07) is -1.55. The smallest absolute Gasteiger partial charge is 0.416 e. The average molecular weight is 315 g/mol. The molecule has 21 heavy (non-hydrogen) atoms. The van der Waals surface area contributed by atoms with E-state index in [1.807, 2.05) is 0 Å². The van der Waals surface area contributed by atoms with Crippen molar-refractivity contribution < 1.29 is 35.9 Å².